The predicted molar refractivity (Wildman–Crippen MR) is 66.5 cm³/mol. The van der Waals surface area contributed by atoms with Crippen molar-refractivity contribution in [3.8, 4) is 0 Å². The fourth-order valence-electron chi connectivity index (χ4n) is 1.49. The Labute approximate surface area is 91.7 Å². The maximum Gasteiger partial charge on any atom is 0.0359 e. The molecule has 0 bridgehead atoms. The van der Waals surface area contributed by atoms with Crippen molar-refractivity contribution < 1.29 is 0 Å². The third-order valence-electron chi connectivity index (χ3n) is 2.22. The average Bonchev–Trinajstić information content (AvgIpc) is 2.22. The second kappa shape index (κ2) is 6.04. The summed E-state index contributed by atoms with van der Waals surface area (Å²) in [6, 6.07) is 7.93. The smallest absolute Gasteiger partial charge is 0.0359 e. The monoisotopic (exact) mass is 202 g/mol. The van der Waals surface area contributed by atoms with E-state index in [0.29, 0.717) is 0 Å². The third-order valence-corrected chi connectivity index (χ3v) is 2.22. The first-order chi connectivity index (χ1) is 7.27. The van der Waals surface area contributed by atoms with Crippen molar-refractivity contribution in [3.63, 3.8) is 0 Å². The lowest BCUT2D eigenvalue weighted by atomic mass is 10.1. The molecule has 2 nitrogen and oxygen atoms in total. The maximum atomic E-state index is 5.88. The molecule has 0 amide bonds. The van der Waals surface area contributed by atoms with Gasteiger partial charge in [-0.3, -0.25) is 4.90 Å². The van der Waals surface area contributed by atoms with Gasteiger partial charge in [-0.1, -0.05) is 30.4 Å². The molecule has 0 unspecified atom stereocenters. The molecule has 2 N–H and O–H groups in total. The van der Waals surface area contributed by atoms with Crippen LogP contribution in [0.2, 0.25) is 0 Å². The van der Waals surface area contributed by atoms with Crippen LogP contribution in [-0.2, 0) is 6.54 Å². The molecule has 2 heteroatoms. The number of para-hydroxylation sites is 1. The number of hydrogen-bond acceptors (Lipinski definition) is 2. The molecule has 15 heavy (non-hydrogen) atoms. The van der Waals surface area contributed by atoms with E-state index in [-0.39, 0.29) is 0 Å². The number of benzene rings is 1. The zero-order valence-corrected chi connectivity index (χ0v) is 9.02. The summed E-state index contributed by atoms with van der Waals surface area (Å²) in [5.41, 5.74) is 7.88. The zero-order chi connectivity index (χ0) is 11.1. The second-order valence-corrected chi connectivity index (χ2v) is 3.47. The standard InChI is InChI=1S/C13H18N2/c1-3-9-15(10-4-2)11-12-7-5-6-8-13(12)14/h3-8H,1-2,9-11,14H2. The zero-order valence-electron chi connectivity index (χ0n) is 9.02. The van der Waals surface area contributed by atoms with E-state index in [0.717, 1.165) is 30.9 Å². The average molecular weight is 202 g/mol. The molecular formula is C13H18N2. The molecule has 0 saturated heterocycles. The Bertz CT molecular complexity index is 321. The summed E-state index contributed by atoms with van der Waals surface area (Å²) in [5.74, 6) is 0. The number of nitrogens with two attached hydrogens (primary N) is 1. The molecule has 1 rings (SSSR count). The lowest BCUT2D eigenvalue weighted by molar-refractivity contribution is 0.328. The van der Waals surface area contributed by atoms with Gasteiger partial charge in [0.15, 0.2) is 0 Å². The molecule has 0 aliphatic carbocycles. The van der Waals surface area contributed by atoms with Gasteiger partial charge in [0, 0.05) is 25.3 Å². The van der Waals surface area contributed by atoms with Crippen LogP contribution in [0.1, 0.15) is 5.56 Å². The van der Waals surface area contributed by atoms with E-state index in [1.807, 2.05) is 30.4 Å². The van der Waals surface area contributed by atoms with Crippen LogP contribution in [0.5, 0.6) is 0 Å². The molecule has 80 valence electrons. The summed E-state index contributed by atoms with van der Waals surface area (Å²) in [7, 11) is 0. The summed E-state index contributed by atoms with van der Waals surface area (Å²) >= 11 is 0. The van der Waals surface area contributed by atoms with Crippen molar-refractivity contribution in [2.24, 2.45) is 0 Å². The fourth-order valence-corrected chi connectivity index (χ4v) is 1.49. The quantitative estimate of drug-likeness (QED) is 0.567. The van der Waals surface area contributed by atoms with E-state index in [1.165, 1.54) is 0 Å². The van der Waals surface area contributed by atoms with Crippen molar-refractivity contribution in [3.05, 3.63) is 55.1 Å². The lowest BCUT2D eigenvalue weighted by Gasteiger charge is -2.19. The minimum Gasteiger partial charge on any atom is -0.398 e. The minimum absolute atomic E-state index is 0.838. The highest BCUT2D eigenvalue weighted by molar-refractivity contribution is 5.46. The highest BCUT2D eigenvalue weighted by atomic mass is 15.1. The van der Waals surface area contributed by atoms with E-state index in [9.17, 15) is 0 Å². The van der Waals surface area contributed by atoms with Crippen LogP contribution in [0.15, 0.2) is 49.6 Å². The number of hydrogen-bond donors (Lipinski definition) is 1. The highest BCUT2D eigenvalue weighted by Crippen LogP contribution is 2.13. The number of nitrogen functional groups attached to an aromatic ring is 1. The maximum absolute atomic E-state index is 5.88. The SMILES string of the molecule is C=CCN(CC=C)Cc1ccccc1N. The molecular weight excluding hydrogens is 184 g/mol. The molecule has 0 heterocycles. The van der Waals surface area contributed by atoms with Crippen molar-refractivity contribution in [1.82, 2.24) is 4.90 Å². The van der Waals surface area contributed by atoms with Crippen LogP contribution in [0.4, 0.5) is 5.69 Å². The number of anilines is 1. The van der Waals surface area contributed by atoms with Gasteiger partial charge in [-0.2, -0.15) is 0 Å². The van der Waals surface area contributed by atoms with Crippen molar-refractivity contribution in [2.45, 2.75) is 6.54 Å². The van der Waals surface area contributed by atoms with Gasteiger partial charge in [-0.15, -0.1) is 13.2 Å². The van der Waals surface area contributed by atoms with Crippen molar-refractivity contribution in [2.75, 3.05) is 18.8 Å². The van der Waals surface area contributed by atoms with Gasteiger partial charge in [-0.25, -0.2) is 0 Å². The van der Waals surface area contributed by atoms with E-state index in [2.05, 4.69) is 24.1 Å². The molecule has 0 aromatic heterocycles. The predicted octanol–water partition coefficient (Wildman–Crippen LogP) is 2.44. The Morgan fingerprint density at radius 2 is 1.73 bits per heavy atom. The normalized spacial score (nSPS) is 10.2. The molecule has 0 saturated carbocycles. The topological polar surface area (TPSA) is 29.3 Å². The molecule has 1 aromatic carbocycles. The van der Waals surface area contributed by atoms with E-state index >= 15 is 0 Å². The van der Waals surface area contributed by atoms with Crippen LogP contribution in [0.3, 0.4) is 0 Å². The highest BCUT2D eigenvalue weighted by Gasteiger charge is 2.04. The molecule has 0 atom stereocenters. The summed E-state index contributed by atoms with van der Waals surface area (Å²) in [5, 5.41) is 0. The van der Waals surface area contributed by atoms with Crippen molar-refractivity contribution in [1.29, 1.82) is 0 Å². The summed E-state index contributed by atoms with van der Waals surface area (Å²) in [6.07, 6.45) is 3.78. The Kier molecular flexibility index (Phi) is 4.64. The first kappa shape index (κ1) is 11.5. The minimum atomic E-state index is 0.838. The molecule has 0 aliphatic rings. The van der Waals surface area contributed by atoms with Crippen LogP contribution in [-0.4, -0.2) is 18.0 Å². The summed E-state index contributed by atoms with van der Waals surface area (Å²) < 4.78 is 0. The van der Waals surface area contributed by atoms with E-state index in [4.69, 9.17) is 5.73 Å². The Balaban J connectivity index is 2.68. The first-order valence-electron chi connectivity index (χ1n) is 5.05. The van der Waals surface area contributed by atoms with Crippen LogP contribution >= 0.6 is 0 Å². The molecule has 0 aliphatic heterocycles. The fraction of sp³-hybridized carbons (Fsp3) is 0.231. The van der Waals surface area contributed by atoms with Crippen LogP contribution in [0.25, 0.3) is 0 Å². The van der Waals surface area contributed by atoms with Crippen LogP contribution in [0, 0.1) is 0 Å². The van der Waals surface area contributed by atoms with E-state index < -0.39 is 0 Å². The third kappa shape index (κ3) is 3.60. The van der Waals surface area contributed by atoms with E-state index in [1.54, 1.807) is 0 Å². The number of rotatable bonds is 6. The van der Waals surface area contributed by atoms with Gasteiger partial charge < -0.3 is 5.73 Å². The molecule has 1 aromatic rings. The second-order valence-electron chi connectivity index (χ2n) is 3.47. The first-order valence-corrected chi connectivity index (χ1v) is 5.05. The van der Waals surface area contributed by atoms with Gasteiger partial charge in [0.2, 0.25) is 0 Å². The summed E-state index contributed by atoms with van der Waals surface area (Å²) in [4.78, 5) is 2.23. The van der Waals surface area contributed by atoms with Crippen LogP contribution < -0.4 is 5.73 Å². The van der Waals surface area contributed by atoms with Crippen molar-refractivity contribution >= 4 is 5.69 Å². The summed E-state index contributed by atoms with van der Waals surface area (Å²) in [6.45, 7) is 10.0. The Hall–Kier alpha value is -1.54. The molecule has 0 spiro atoms. The van der Waals surface area contributed by atoms with Gasteiger partial charge in [0.05, 0.1) is 0 Å². The Morgan fingerprint density at radius 1 is 1.13 bits per heavy atom. The molecule has 0 radical (unpaired) electrons. The largest absolute Gasteiger partial charge is 0.398 e. The lowest BCUT2D eigenvalue weighted by Crippen LogP contribution is -2.23. The van der Waals surface area contributed by atoms with Gasteiger partial charge in [-0.05, 0) is 11.6 Å². The number of nitrogens with zero attached hydrogens (tertiary/aromatic N) is 1. The van der Waals surface area contributed by atoms with Gasteiger partial charge >= 0.3 is 0 Å². The van der Waals surface area contributed by atoms with Gasteiger partial charge in [0.1, 0.15) is 0 Å². The Morgan fingerprint density at radius 3 is 2.27 bits per heavy atom. The van der Waals surface area contributed by atoms with Gasteiger partial charge in [0.25, 0.3) is 0 Å². The molecule has 0 fully saturated rings.